The highest BCUT2D eigenvalue weighted by Gasteiger charge is 2.23. The number of pyridine rings is 1. The summed E-state index contributed by atoms with van der Waals surface area (Å²) in [5, 5.41) is 1.02. The summed E-state index contributed by atoms with van der Waals surface area (Å²) in [6, 6.07) is 20.6. The van der Waals surface area contributed by atoms with Crippen LogP contribution >= 0.6 is 0 Å². The number of nitrogens with two attached hydrogens (primary N) is 1. The molecule has 0 saturated carbocycles. The van der Waals surface area contributed by atoms with Crippen LogP contribution in [0.5, 0.6) is 11.6 Å². The topological polar surface area (TPSA) is 77.2 Å². The average Bonchev–Trinajstić information content (AvgIpc) is 2.82. The molecule has 1 aliphatic heterocycles. The molecule has 2 aromatic heterocycles. The van der Waals surface area contributed by atoms with Crippen molar-refractivity contribution in [3.05, 3.63) is 78.2 Å². The lowest BCUT2D eigenvalue weighted by molar-refractivity contribution is 0.401. The number of aromatic nitrogens is 3. The second-order valence-electron chi connectivity index (χ2n) is 8.42. The molecule has 0 bridgehead atoms. The Morgan fingerprint density at radius 1 is 0.969 bits per heavy atom. The summed E-state index contributed by atoms with van der Waals surface area (Å²) in [5.41, 5.74) is 10.1. The van der Waals surface area contributed by atoms with E-state index in [1.54, 1.807) is 0 Å². The van der Waals surface area contributed by atoms with Crippen molar-refractivity contribution in [2.45, 2.75) is 26.2 Å². The first-order chi connectivity index (χ1) is 15.7. The molecule has 4 aromatic rings. The molecule has 5 rings (SSSR count). The fourth-order valence-electron chi connectivity index (χ4n) is 4.40. The van der Waals surface area contributed by atoms with Crippen molar-refractivity contribution in [2.24, 2.45) is 5.92 Å². The normalized spacial score (nSPS) is 14.6. The van der Waals surface area contributed by atoms with Gasteiger partial charge in [0.1, 0.15) is 17.5 Å². The quantitative estimate of drug-likeness (QED) is 0.475. The molecule has 6 heteroatoms. The number of benzene rings is 2. The van der Waals surface area contributed by atoms with E-state index in [0.717, 1.165) is 54.8 Å². The highest BCUT2D eigenvalue weighted by atomic mass is 16.5. The van der Waals surface area contributed by atoms with Crippen molar-refractivity contribution in [1.29, 1.82) is 0 Å². The summed E-state index contributed by atoms with van der Waals surface area (Å²) in [7, 11) is 0. The van der Waals surface area contributed by atoms with Crippen LogP contribution in [0.2, 0.25) is 0 Å². The lowest BCUT2D eigenvalue weighted by Gasteiger charge is -2.33. The molecule has 0 spiro atoms. The molecule has 0 aliphatic carbocycles. The van der Waals surface area contributed by atoms with E-state index in [1.165, 1.54) is 11.9 Å². The molecule has 3 heterocycles. The smallest absolute Gasteiger partial charge is 0.248 e. The van der Waals surface area contributed by atoms with E-state index in [4.69, 9.17) is 10.5 Å². The van der Waals surface area contributed by atoms with Gasteiger partial charge in [0.25, 0.3) is 0 Å². The average molecular weight is 426 g/mol. The van der Waals surface area contributed by atoms with Gasteiger partial charge in [0.15, 0.2) is 11.6 Å². The summed E-state index contributed by atoms with van der Waals surface area (Å²) in [6.45, 7) is 3.81. The Bertz CT molecular complexity index is 1220. The maximum absolute atomic E-state index is 6.48. The lowest BCUT2D eigenvalue weighted by Crippen LogP contribution is -2.35. The predicted molar refractivity (Wildman–Crippen MR) is 128 cm³/mol. The molecular formula is C26H27N5O. The lowest BCUT2D eigenvalue weighted by atomic mass is 9.90. The van der Waals surface area contributed by atoms with Crippen molar-refractivity contribution < 1.29 is 4.74 Å². The summed E-state index contributed by atoms with van der Waals surface area (Å²) in [4.78, 5) is 15.7. The number of fused-ring (bicyclic) bond motifs is 1. The molecule has 0 unspecified atom stereocenters. The molecule has 1 fully saturated rings. The number of nitrogen functional groups attached to an aromatic ring is 1. The second-order valence-corrected chi connectivity index (χ2v) is 8.42. The Morgan fingerprint density at radius 3 is 2.59 bits per heavy atom. The third kappa shape index (κ3) is 4.21. The van der Waals surface area contributed by atoms with Crippen LogP contribution < -0.4 is 15.4 Å². The Kier molecular flexibility index (Phi) is 5.58. The molecular weight excluding hydrogens is 398 g/mol. The number of hydrogen-bond acceptors (Lipinski definition) is 6. The number of piperidine rings is 1. The molecule has 32 heavy (non-hydrogen) atoms. The standard InChI is InChI=1S/C26H27N5O/c1-18-10-11-21-8-5-9-22(24(21)30-18)32-26-23(27)25(28-17-29-26)31-14-12-20(13-15-31)16-19-6-3-2-4-7-19/h2-11,17,20H,12-16,27H2,1H3. The van der Waals surface area contributed by atoms with Gasteiger partial charge in [-0.2, -0.15) is 4.98 Å². The van der Waals surface area contributed by atoms with E-state index < -0.39 is 0 Å². The van der Waals surface area contributed by atoms with Crippen molar-refractivity contribution in [3.8, 4) is 11.6 Å². The molecule has 0 atom stereocenters. The second kappa shape index (κ2) is 8.83. The zero-order valence-electron chi connectivity index (χ0n) is 18.2. The molecule has 6 nitrogen and oxygen atoms in total. The fourth-order valence-corrected chi connectivity index (χ4v) is 4.40. The van der Waals surface area contributed by atoms with Gasteiger partial charge >= 0.3 is 0 Å². The van der Waals surface area contributed by atoms with Crippen LogP contribution in [0.4, 0.5) is 11.5 Å². The first kappa shape index (κ1) is 20.2. The molecule has 2 N–H and O–H groups in total. The molecule has 1 saturated heterocycles. The monoisotopic (exact) mass is 425 g/mol. The zero-order chi connectivity index (χ0) is 21.9. The Hall–Kier alpha value is -3.67. The maximum atomic E-state index is 6.48. The van der Waals surface area contributed by atoms with E-state index >= 15 is 0 Å². The van der Waals surface area contributed by atoms with Gasteiger partial charge in [-0.15, -0.1) is 0 Å². The minimum atomic E-state index is 0.372. The molecule has 0 radical (unpaired) electrons. The highest BCUT2D eigenvalue weighted by molar-refractivity contribution is 5.85. The van der Waals surface area contributed by atoms with Gasteiger partial charge in [-0.1, -0.05) is 48.5 Å². The van der Waals surface area contributed by atoms with Gasteiger partial charge in [-0.05, 0) is 49.8 Å². The number of nitrogens with zero attached hydrogens (tertiary/aromatic N) is 4. The largest absolute Gasteiger partial charge is 0.435 e. The maximum Gasteiger partial charge on any atom is 0.248 e. The Labute approximate surface area is 188 Å². The van der Waals surface area contributed by atoms with Crippen LogP contribution in [0, 0.1) is 12.8 Å². The van der Waals surface area contributed by atoms with E-state index in [9.17, 15) is 0 Å². The van der Waals surface area contributed by atoms with Gasteiger partial charge in [0.05, 0.1) is 0 Å². The number of hydrogen-bond donors (Lipinski definition) is 1. The Morgan fingerprint density at radius 2 is 1.78 bits per heavy atom. The number of aryl methyl sites for hydroxylation is 1. The van der Waals surface area contributed by atoms with Gasteiger partial charge in [-0.3, -0.25) is 0 Å². The van der Waals surface area contributed by atoms with Gasteiger partial charge in [0, 0.05) is 24.2 Å². The van der Waals surface area contributed by atoms with E-state index in [0.29, 0.717) is 23.2 Å². The number of ether oxygens (including phenoxy) is 1. The first-order valence-electron chi connectivity index (χ1n) is 11.1. The Balaban J connectivity index is 1.32. The minimum absolute atomic E-state index is 0.372. The summed E-state index contributed by atoms with van der Waals surface area (Å²) in [6.07, 6.45) is 4.87. The van der Waals surface area contributed by atoms with Gasteiger partial charge in [0.2, 0.25) is 5.88 Å². The SMILES string of the molecule is Cc1ccc2cccc(Oc3ncnc(N4CCC(Cc5ccccc5)CC4)c3N)c2n1. The van der Waals surface area contributed by atoms with E-state index in [1.807, 2.05) is 37.3 Å². The van der Waals surface area contributed by atoms with Crippen LogP contribution in [-0.2, 0) is 6.42 Å². The molecule has 0 amide bonds. The van der Waals surface area contributed by atoms with Crippen LogP contribution in [0.3, 0.4) is 0 Å². The molecule has 162 valence electrons. The van der Waals surface area contributed by atoms with Gasteiger partial charge < -0.3 is 15.4 Å². The van der Waals surface area contributed by atoms with Crippen molar-refractivity contribution in [2.75, 3.05) is 23.7 Å². The fraction of sp³-hybridized carbons (Fsp3) is 0.269. The summed E-state index contributed by atoms with van der Waals surface area (Å²) < 4.78 is 6.14. The summed E-state index contributed by atoms with van der Waals surface area (Å²) >= 11 is 0. The zero-order valence-corrected chi connectivity index (χ0v) is 18.2. The van der Waals surface area contributed by atoms with Crippen LogP contribution in [0.25, 0.3) is 10.9 Å². The van der Waals surface area contributed by atoms with Crippen molar-refractivity contribution >= 4 is 22.4 Å². The molecule has 2 aromatic carbocycles. The third-order valence-corrected chi connectivity index (χ3v) is 6.14. The third-order valence-electron chi connectivity index (χ3n) is 6.14. The highest BCUT2D eigenvalue weighted by Crippen LogP contribution is 2.35. The minimum Gasteiger partial charge on any atom is -0.435 e. The number of para-hydroxylation sites is 1. The van der Waals surface area contributed by atoms with E-state index in [-0.39, 0.29) is 0 Å². The van der Waals surface area contributed by atoms with Crippen LogP contribution in [0.15, 0.2) is 67.0 Å². The number of anilines is 2. The van der Waals surface area contributed by atoms with Crippen LogP contribution in [-0.4, -0.2) is 28.0 Å². The first-order valence-corrected chi connectivity index (χ1v) is 11.1. The van der Waals surface area contributed by atoms with Crippen molar-refractivity contribution in [3.63, 3.8) is 0 Å². The van der Waals surface area contributed by atoms with E-state index in [2.05, 4.69) is 50.2 Å². The van der Waals surface area contributed by atoms with Crippen LogP contribution in [0.1, 0.15) is 24.1 Å². The predicted octanol–water partition coefficient (Wildman–Crippen LogP) is 5.17. The number of rotatable bonds is 5. The molecule has 1 aliphatic rings. The van der Waals surface area contributed by atoms with Crippen molar-refractivity contribution in [1.82, 2.24) is 15.0 Å². The summed E-state index contributed by atoms with van der Waals surface area (Å²) in [5.74, 6) is 2.44. The van der Waals surface area contributed by atoms with Gasteiger partial charge in [-0.25, -0.2) is 9.97 Å².